The second-order valence-corrected chi connectivity index (χ2v) is 6.69. The summed E-state index contributed by atoms with van der Waals surface area (Å²) in [5, 5.41) is 7.50. The molecule has 0 fully saturated rings. The van der Waals surface area contributed by atoms with E-state index in [-0.39, 0.29) is 6.04 Å². The maximum atomic E-state index is 4.62. The van der Waals surface area contributed by atoms with Gasteiger partial charge < -0.3 is 4.57 Å². The standard InChI is InChI=1S/C18H17N5S/c1-13(17-12-24-14(2)21-17)22-10-8-19-18(22)15-5-3-6-16(11-15)23-9-4-7-20-23/h3-13H,1-2H3. The molecule has 0 spiro atoms. The highest BCUT2D eigenvalue weighted by molar-refractivity contribution is 7.09. The number of hydrogen-bond donors (Lipinski definition) is 0. The van der Waals surface area contributed by atoms with Crippen molar-refractivity contribution in [1.82, 2.24) is 24.3 Å². The summed E-state index contributed by atoms with van der Waals surface area (Å²) >= 11 is 1.68. The van der Waals surface area contributed by atoms with Gasteiger partial charge in [-0.15, -0.1) is 11.3 Å². The van der Waals surface area contributed by atoms with Gasteiger partial charge in [0.2, 0.25) is 0 Å². The maximum Gasteiger partial charge on any atom is 0.140 e. The van der Waals surface area contributed by atoms with Crippen molar-refractivity contribution in [3.05, 3.63) is 71.2 Å². The molecule has 0 aliphatic rings. The van der Waals surface area contributed by atoms with Crippen molar-refractivity contribution < 1.29 is 0 Å². The number of nitrogens with zero attached hydrogens (tertiary/aromatic N) is 5. The lowest BCUT2D eigenvalue weighted by Gasteiger charge is -2.15. The lowest BCUT2D eigenvalue weighted by atomic mass is 10.1. The van der Waals surface area contributed by atoms with E-state index in [0.717, 1.165) is 27.8 Å². The Morgan fingerprint density at radius 2 is 2.04 bits per heavy atom. The lowest BCUT2D eigenvalue weighted by Crippen LogP contribution is -2.08. The molecule has 3 heterocycles. The number of rotatable bonds is 4. The van der Waals surface area contributed by atoms with E-state index in [2.05, 4.69) is 44.1 Å². The van der Waals surface area contributed by atoms with Crippen molar-refractivity contribution in [1.29, 1.82) is 0 Å². The molecule has 120 valence electrons. The number of aryl methyl sites for hydroxylation is 1. The van der Waals surface area contributed by atoms with Crippen LogP contribution in [-0.2, 0) is 0 Å². The van der Waals surface area contributed by atoms with Gasteiger partial charge in [0.25, 0.3) is 0 Å². The van der Waals surface area contributed by atoms with E-state index in [0.29, 0.717) is 0 Å². The van der Waals surface area contributed by atoms with Crippen LogP contribution in [0.25, 0.3) is 17.1 Å². The Morgan fingerprint density at radius 1 is 1.12 bits per heavy atom. The van der Waals surface area contributed by atoms with Crippen LogP contribution >= 0.6 is 11.3 Å². The molecule has 0 saturated heterocycles. The van der Waals surface area contributed by atoms with Gasteiger partial charge in [-0.1, -0.05) is 12.1 Å². The minimum Gasteiger partial charge on any atom is -0.322 e. The van der Waals surface area contributed by atoms with Gasteiger partial charge in [0.05, 0.1) is 22.4 Å². The molecule has 0 bridgehead atoms. The summed E-state index contributed by atoms with van der Waals surface area (Å²) in [6, 6.07) is 10.3. The molecule has 24 heavy (non-hydrogen) atoms. The van der Waals surface area contributed by atoms with Crippen molar-refractivity contribution in [3.63, 3.8) is 0 Å². The molecule has 0 aliphatic carbocycles. The van der Waals surface area contributed by atoms with Crippen molar-refractivity contribution in [3.8, 4) is 17.1 Å². The molecule has 6 heteroatoms. The summed E-state index contributed by atoms with van der Waals surface area (Å²) in [4.78, 5) is 9.19. The van der Waals surface area contributed by atoms with Crippen LogP contribution < -0.4 is 0 Å². The van der Waals surface area contributed by atoms with Crippen LogP contribution in [0.3, 0.4) is 0 Å². The maximum absolute atomic E-state index is 4.62. The Bertz CT molecular complexity index is 951. The Labute approximate surface area is 144 Å². The van der Waals surface area contributed by atoms with Gasteiger partial charge in [-0.25, -0.2) is 14.6 Å². The molecule has 1 aromatic carbocycles. The normalized spacial score (nSPS) is 12.4. The highest BCUT2D eigenvalue weighted by Crippen LogP contribution is 2.27. The van der Waals surface area contributed by atoms with Crippen LogP contribution in [-0.4, -0.2) is 24.3 Å². The summed E-state index contributed by atoms with van der Waals surface area (Å²) in [7, 11) is 0. The first kappa shape index (κ1) is 14.8. The van der Waals surface area contributed by atoms with E-state index in [4.69, 9.17) is 0 Å². The third kappa shape index (κ3) is 2.65. The predicted molar refractivity (Wildman–Crippen MR) is 95.4 cm³/mol. The third-order valence-corrected chi connectivity index (χ3v) is 4.82. The molecule has 3 aromatic heterocycles. The number of imidazole rings is 1. The smallest absolute Gasteiger partial charge is 0.140 e. The Hall–Kier alpha value is -2.73. The van der Waals surface area contributed by atoms with E-state index in [1.165, 1.54) is 0 Å². The van der Waals surface area contributed by atoms with E-state index in [1.54, 1.807) is 17.5 Å². The zero-order valence-electron chi connectivity index (χ0n) is 13.5. The van der Waals surface area contributed by atoms with Crippen LogP contribution in [0.2, 0.25) is 0 Å². The van der Waals surface area contributed by atoms with Crippen LogP contribution in [0, 0.1) is 6.92 Å². The summed E-state index contributed by atoms with van der Waals surface area (Å²) in [5.74, 6) is 0.933. The number of aromatic nitrogens is 5. The fraction of sp³-hybridized carbons (Fsp3) is 0.167. The van der Waals surface area contributed by atoms with E-state index < -0.39 is 0 Å². The first-order valence-corrected chi connectivity index (χ1v) is 8.65. The van der Waals surface area contributed by atoms with E-state index in [1.807, 2.05) is 48.4 Å². The first-order valence-electron chi connectivity index (χ1n) is 7.77. The highest BCUT2D eigenvalue weighted by Gasteiger charge is 2.16. The molecule has 0 amide bonds. The molecular weight excluding hydrogens is 318 g/mol. The minimum atomic E-state index is 0.140. The second-order valence-electron chi connectivity index (χ2n) is 5.63. The number of benzene rings is 1. The minimum absolute atomic E-state index is 0.140. The average Bonchev–Trinajstić information content (AvgIpc) is 3.35. The predicted octanol–water partition coefficient (Wildman–Crippen LogP) is 4.11. The van der Waals surface area contributed by atoms with Gasteiger partial charge in [0, 0.05) is 35.7 Å². The molecule has 0 saturated carbocycles. The molecule has 4 rings (SSSR count). The molecule has 1 unspecified atom stereocenters. The van der Waals surface area contributed by atoms with Crippen molar-refractivity contribution in [2.45, 2.75) is 19.9 Å². The van der Waals surface area contributed by atoms with Crippen LogP contribution in [0.1, 0.15) is 23.7 Å². The van der Waals surface area contributed by atoms with Gasteiger partial charge in [0.1, 0.15) is 5.82 Å². The van der Waals surface area contributed by atoms with Gasteiger partial charge >= 0.3 is 0 Å². The molecule has 0 aliphatic heterocycles. The van der Waals surface area contributed by atoms with Crippen LogP contribution in [0.15, 0.2) is 60.5 Å². The highest BCUT2D eigenvalue weighted by atomic mass is 32.1. The summed E-state index contributed by atoms with van der Waals surface area (Å²) in [5.41, 5.74) is 3.15. The quantitative estimate of drug-likeness (QED) is 0.564. The zero-order chi connectivity index (χ0) is 16.5. The zero-order valence-corrected chi connectivity index (χ0v) is 14.3. The van der Waals surface area contributed by atoms with Gasteiger partial charge in [-0.05, 0) is 32.0 Å². The third-order valence-electron chi connectivity index (χ3n) is 4.02. The Kier molecular flexibility index (Phi) is 3.74. The van der Waals surface area contributed by atoms with Gasteiger partial charge in [-0.2, -0.15) is 5.10 Å². The summed E-state index contributed by atoms with van der Waals surface area (Å²) in [6.45, 7) is 4.18. The number of thiazole rings is 1. The molecule has 4 aromatic rings. The molecule has 5 nitrogen and oxygen atoms in total. The Morgan fingerprint density at radius 3 is 2.79 bits per heavy atom. The van der Waals surface area contributed by atoms with E-state index >= 15 is 0 Å². The van der Waals surface area contributed by atoms with Crippen LogP contribution in [0.5, 0.6) is 0 Å². The second kappa shape index (κ2) is 6.05. The molecular formula is C18H17N5S. The van der Waals surface area contributed by atoms with E-state index in [9.17, 15) is 0 Å². The summed E-state index contributed by atoms with van der Waals surface area (Å²) in [6.07, 6.45) is 7.56. The van der Waals surface area contributed by atoms with Crippen molar-refractivity contribution in [2.75, 3.05) is 0 Å². The first-order chi connectivity index (χ1) is 11.7. The van der Waals surface area contributed by atoms with Gasteiger partial charge in [-0.3, -0.25) is 0 Å². The van der Waals surface area contributed by atoms with Gasteiger partial charge in [0.15, 0.2) is 0 Å². The number of hydrogen-bond acceptors (Lipinski definition) is 4. The topological polar surface area (TPSA) is 48.5 Å². The summed E-state index contributed by atoms with van der Waals surface area (Å²) < 4.78 is 4.01. The fourth-order valence-corrected chi connectivity index (χ4v) is 3.47. The SMILES string of the molecule is Cc1nc(C(C)n2ccnc2-c2cccc(-n3cccn3)c2)cs1. The van der Waals surface area contributed by atoms with Crippen LogP contribution in [0.4, 0.5) is 0 Å². The lowest BCUT2D eigenvalue weighted by molar-refractivity contribution is 0.629. The monoisotopic (exact) mass is 335 g/mol. The molecule has 0 N–H and O–H groups in total. The largest absolute Gasteiger partial charge is 0.322 e. The Balaban J connectivity index is 1.74. The fourth-order valence-electron chi connectivity index (χ4n) is 2.77. The average molecular weight is 335 g/mol. The van der Waals surface area contributed by atoms with Crippen molar-refractivity contribution >= 4 is 11.3 Å². The molecule has 1 atom stereocenters. The van der Waals surface area contributed by atoms with Crippen molar-refractivity contribution in [2.24, 2.45) is 0 Å². The molecule has 0 radical (unpaired) electrons.